The molecule has 1 heterocycles. The molecule has 0 saturated heterocycles. The Morgan fingerprint density at radius 1 is 1.12 bits per heavy atom. The minimum Gasteiger partial charge on any atom is -0.484 e. The monoisotopic (exact) mass is 233 g/mol. The number of aliphatic hydroxyl groups is 1. The lowest BCUT2D eigenvalue weighted by atomic mass is 10.1. The van der Waals surface area contributed by atoms with Crippen LogP contribution >= 0.6 is 0 Å². The Hall–Kier alpha value is -1.94. The van der Waals surface area contributed by atoms with Crippen molar-refractivity contribution in [1.29, 1.82) is 0 Å². The van der Waals surface area contributed by atoms with Gasteiger partial charge in [-0.15, -0.1) is 0 Å². The van der Waals surface area contributed by atoms with E-state index in [2.05, 4.69) is 4.98 Å². The zero-order chi connectivity index (χ0) is 12.1. The van der Waals surface area contributed by atoms with E-state index in [1.54, 1.807) is 18.2 Å². The topological polar surface area (TPSA) is 42.4 Å². The summed E-state index contributed by atoms with van der Waals surface area (Å²) in [6, 6.07) is 10.4. The van der Waals surface area contributed by atoms with Crippen LogP contribution in [0.2, 0.25) is 0 Å². The number of hydrogen-bond acceptors (Lipinski definition) is 3. The van der Waals surface area contributed by atoms with Gasteiger partial charge in [-0.1, -0.05) is 24.3 Å². The number of halogens is 1. The third-order valence-electron chi connectivity index (χ3n) is 2.32. The predicted octanol–water partition coefficient (Wildman–Crippen LogP) is 2.29. The number of benzene rings is 1. The molecular formula is C13H12FNO2. The Kier molecular flexibility index (Phi) is 3.67. The van der Waals surface area contributed by atoms with Gasteiger partial charge in [-0.3, -0.25) is 0 Å². The van der Waals surface area contributed by atoms with Crippen molar-refractivity contribution in [2.75, 3.05) is 0 Å². The number of rotatable bonds is 4. The molecule has 0 aliphatic carbocycles. The van der Waals surface area contributed by atoms with Crippen LogP contribution in [-0.4, -0.2) is 10.1 Å². The van der Waals surface area contributed by atoms with Gasteiger partial charge < -0.3 is 9.84 Å². The predicted molar refractivity (Wildman–Crippen MR) is 60.9 cm³/mol. The molecular weight excluding hydrogens is 221 g/mol. The van der Waals surface area contributed by atoms with Crippen LogP contribution in [0.5, 0.6) is 5.75 Å². The van der Waals surface area contributed by atoms with Crippen molar-refractivity contribution in [1.82, 2.24) is 4.98 Å². The SMILES string of the molecule is OCc1ccc(COc2cccnc2F)cc1. The summed E-state index contributed by atoms with van der Waals surface area (Å²) in [5.41, 5.74) is 1.74. The van der Waals surface area contributed by atoms with Crippen LogP contribution in [0.15, 0.2) is 42.6 Å². The Morgan fingerprint density at radius 2 is 1.82 bits per heavy atom. The van der Waals surface area contributed by atoms with Crippen molar-refractivity contribution in [2.24, 2.45) is 0 Å². The van der Waals surface area contributed by atoms with E-state index in [-0.39, 0.29) is 19.0 Å². The van der Waals surface area contributed by atoms with E-state index in [0.717, 1.165) is 11.1 Å². The fraction of sp³-hybridized carbons (Fsp3) is 0.154. The first-order valence-corrected chi connectivity index (χ1v) is 5.21. The number of ether oxygens (including phenoxy) is 1. The van der Waals surface area contributed by atoms with E-state index in [1.807, 2.05) is 12.1 Å². The summed E-state index contributed by atoms with van der Waals surface area (Å²) < 4.78 is 18.4. The highest BCUT2D eigenvalue weighted by Crippen LogP contribution is 2.15. The van der Waals surface area contributed by atoms with Crippen molar-refractivity contribution in [3.8, 4) is 5.75 Å². The van der Waals surface area contributed by atoms with Gasteiger partial charge in [0.05, 0.1) is 6.61 Å². The largest absolute Gasteiger partial charge is 0.484 e. The summed E-state index contributed by atoms with van der Waals surface area (Å²) in [6.45, 7) is 0.284. The standard InChI is InChI=1S/C13H12FNO2/c14-13-12(2-1-7-15-13)17-9-11-5-3-10(8-16)4-6-11/h1-7,16H,8-9H2. The van der Waals surface area contributed by atoms with Gasteiger partial charge in [0.1, 0.15) is 6.61 Å². The van der Waals surface area contributed by atoms with Crippen LogP contribution in [0.25, 0.3) is 0 Å². The molecule has 0 saturated carbocycles. The lowest BCUT2D eigenvalue weighted by Crippen LogP contribution is -1.98. The van der Waals surface area contributed by atoms with Gasteiger partial charge in [0, 0.05) is 6.20 Å². The second-order valence-electron chi connectivity index (χ2n) is 3.56. The normalized spacial score (nSPS) is 10.2. The number of pyridine rings is 1. The van der Waals surface area contributed by atoms with Crippen LogP contribution in [0.4, 0.5) is 4.39 Å². The molecule has 1 aromatic heterocycles. The summed E-state index contributed by atoms with van der Waals surface area (Å²) in [5.74, 6) is -0.474. The fourth-order valence-electron chi connectivity index (χ4n) is 1.38. The second kappa shape index (κ2) is 5.41. The van der Waals surface area contributed by atoms with Crippen LogP contribution < -0.4 is 4.74 Å². The molecule has 0 unspecified atom stereocenters. The van der Waals surface area contributed by atoms with Gasteiger partial charge in [-0.2, -0.15) is 4.39 Å². The number of hydrogen-bond donors (Lipinski definition) is 1. The molecule has 0 fully saturated rings. The molecule has 88 valence electrons. The molecule has 2 rings (SSSR count). The minimum atomic E-state index is -0.612. The Morgan fingerprint density at radius 3 is 2.47 bits per heavy atom. The Balaban J connectivity index is 2.00. The van der Waals surface area contributed by atoms with E-state index in [4.69, 9.17) is 9.84 Å². The molecule has 1 aromatic carbocycles. The lowest BCUT2D eigenvalue weighted by Gasteiger charge is -2.06. The van der Waals surface area contributed by atoms with Gasteiger partial charge in [0.25, 0.3) is 5.95 Å². The fourth-order valence-corrected chi connectivity index (χ4v) is 1.38. The van der Waals surface area contributed by atoms with Crippen LogP contribution in [0, 0.1) is 5.95 Å². The molecule has 1 N–H and O–H groups in total. The van der Waals surface area contributed by atoms with E-state index < -0.39 is 5.95 Å². The molecule has 0 bridgehead atoms. The first-order valence-electron chi connectivity index (χ1n) is 5.21. The van der Waals surface area contributed by atoms with Crippen LogP contribution in [0.1, 0.15) is 11.1 Å². The van der Waals surface area contributed by atoms with Gasteiger partial charge in [0.2, 0.25) is 0 Å². The van der Waals surface area contributed by atoms with Crippen molar-refractivity contribution in [3.05, 3.63) is 59.7 Å². The van der Waals surface area contributed by atoms with Crippen LogP contribution in [0.3, 0.4) is 0 Å². The van der Waals surface area contributed by atoms with Crippen molar-refractivity contribution < 1.29 is 14.2 Å². The van der Waals surface area contributed by atoms with Gasteiger partial charge >= 0.3 is 0 Å². The zero-order valence-electron chi connectivity index (χ0n) is 9.14. The molecule has 0 radical (unpaired) electrons. The van der Waals surface area contributed by atoms with Crippen molar-refractivity contribution >= 4 is 0 Å². The summed E-state index contributed by atoms with van der Waals surface area (Å²) in [7, 11) is 0. The van der Waals surface area contributed by atoms with E-state index in [0.29, 0.717) is 0 Å². The average molecular weight is 233 g/mol. The van der Waals surface area contributed by atoms with E-state index in [9.17, 15) is 4.39 Å². The average Bonchev–Trinajstić information content (AvgIpc) is 2.38. The lowest BCUT2D eigenvalue weighted by molar-refractivity contribution is 0.280. The molecule has 3 nitrogen and oxygen atoms in total. The summed E-state index contributed by atoms with van der Waals surface area (Å²) in [5, 5.41) is 8.88. The van der Waals surface area contributed by atoms with Crippen LogP contribution in [-0.2, 0) is 13.2 Å². The maximum Gasteiger partial charge on any atom is 0.255 e. The van der Waals surface area contributed by atoms with Gasteiger partial charge in [0.15, 0.2) is 5.75 Å². The third kappa shape index (κ3) is 3.01. The van der Waals surface area contributed by atoms with Gasteiger partial charge in [-0.05, 0) is 23.3 Å². The molecule has 0 spiro atoms. The minimum absolute atomic E-state index is 0.0123. The number of nitrogens with zero attached hydrogens (tertiary/aromatic N) is 1. The number of aromatic nitrogens is 1. The quantitative estimate of drug-likeness (QED) is 0.824. The third-order valence-corrected chi connectivity index (χ3v) is 2.32. The Labute approximate surface area is 98.5 Å². The molecule has 0 atom stereocenters. The zero-order valence-corrected chi connectivity index (χ0v) is 9.14. The maximum atomic E-state index is 13.1. The molecule has 0 amide bonds. The summed E-state index contributed by atoms with van der Waals surface area (Å²) in [6.07, 6.45) is 1.37. The highest BCUT2D eigenvalue weighted by atomic mass is 19.1. The van der Waals surface area contributed by atoms with Crippen molar-refractivity contribution in [3.63, 3.8) is 0 Å². The molecule has 4 heteroatoms. The van der Waals surface area contributed by atoms with Gasteiger partial charge in [-0.25, -0.2) is 4.98 Å². The Bertz CT molecular complexity index is 485. The molecule has 0 aliphatic rings. The molecule has 2 aromatic rings. The smallest absolute Gasteiger partial charge is 0.255 e. The van der Waals surface area contributed by atoms with E-state index >= 15 is 0 Å². The number of aliphatic hydroxyl groups excluding tert-OH is 1. The highest BCUT2D eigenvalue weighted by Gasteiger charge is 2.03. The van der Waals surface area contributed by atoms with Crippen molar-refractivity contribution in [2.45, 2.75) is 13.2 Å². The highest BCUT2D eigenvalue weighted by molar-refractivity contribution is 5.23. The molecule has 0 aliphatic heterocycles. The summed E-state index contributed by atoms with van der Waals surface area (Å²) in [4.78, 5) is 3.49. The molecule has 17 heavy (non-hydrogen) atoms. The van der Waals surface area contributed by atoms with E-state index in [1.165, 1.54) is 12.3 Å². The first-order chi connectivity index (χ1) is 8.29. The second-order valence-corrected chi connectivity index (χ2v) is 3.56. The maximum absolute atomic E-state index is 13.1. The summed E-state index contributed by atoms with van der Waals surface area (Å²) >= 11 is 0. The first kappa shape index (κ1) is 11.5.